The maximum absolute atomic E-state index is 9.33. The molecule has 0 saturated carbocycles. The largest absolute Gasteiger partial charge is 0.375 e. The molecule has 0 spiro atoms. The van der Waals surface area contributed by atoms with Crippen LogP contribution in [-0.2, 0) is 4.74 Å². The Morgan fingerprint density at radius 1 is 1.42 bits per heavy atom. The van der Waals surface area contributed by atoms with E-state index >= 15 is 0 Å². The van der Waals surface area contributed by atoms with Crippen molar-refractivity contribution in [3.63, 3.8) is 0 Å². The number of ether oxygens (including phenoxy) is 1. The Morgan fingerprint density at radius 2 is 2.26 bits per heavy atom. The zero-order valence-electron chi connectivity index (χ0n) is 10.8. The number of hydrogen-bond donors (Lipinski definition) is 0. The number of pyridine rings is 1. The summed E-state index contributed by atoms with van der Waals surface area (Å²) in [5.74, 6) is 0. The van der Waals surface area contributed by atoms with E-state index in [0.717, 1.165) is 29.7 Å². The van der Waals surface area contributed by atoms with Crippen molar-refractivity contribution in [1.29, 1.82) is 5.26 Å². The molecule has 1 aliphatic heterocycles. The van der Waals surface area contributed by atoms with E-state index < -0.39 is 0 Å². The van der Waals surface area contributed by atoms with Crippen molar-refractivity contribution in [3.8, 4) is 6.07 Å². The van der Waals surface area contributed by atoms with E-state index in [9.17, 15) is 5.26 Å². The van der Waals surface area contributed by atoms with Crippen LogP contribution in [0, 0.1) is 11.3 Å². The van der Waals surface area contributed by atoms with Gasteiger partial charge in [0.2, 0.25) is 0 Å². The van der Waals surface area contributed by atoms with E-state index in [1.54, 1.807) is 6.20 Å². The predicted molar refractivity (Wildman–Crippen MR) is 74.1 cm³/mol. The smallest absolute Gasteiger partial charge is 0.103 e. The van der Waals surface area contributed by atoms with Crippen LogP contribution in [0.1, 0.15) is 12.5 Å². The first-order valence-electron chi connectivity index (χ1n) is 6.44. The molecule has 1 fully saturated rings. The summed E-state index contributed by atoms with van der Waals surface area (Å²) in [4.78, 5) is 6.58. The fraction of sp³-hybridized carbons (Fsp3) is 0.333. The van der Waals surface area contributed by atoms with Crippen molar-refractivity contribution in [2.24, 2.45) is 0 Å². The van der Waals surface area contributed by atoms with Gasteiger partial charge in [0, 0.05) is 24.7 Å². The molecule has 0 bridgehead atoms. The Kier molecular flexibility index (Phi) is 3.06. The van der Waals surface area contributed by atoms with Gasteiger partial charge in [-0.05, 0) is 13.0 Å². The number of rotatable bonds is 1. The molecule has 0 N–H and O–H groups in total. The van der Waals surface area contributed by atoms with Gasteiger partial charge >= 0.3 is 0 Å². The number of anilines is 1. The van der Waals surface area contributed by atoms with Gasteiger partial charge in [0.1, 0.15) is 6.07 Å². The molecular formula is C15H15N3O. The molecule has 19 heavy (non-hydrogen) atoms. The lowest BCUT2D eigenvalue weighted by molar-refractivity contribution is 0.0533. The molecular weight excluding hydrogens is 238 g/mol. The molecule has 1 aliphatic rings. The summed E-state index contributed by atoms with van der Waals surface area (Å²) in [6.07, 6.45) is 1.85. The van der Waals surface area contributed by atoms with Crippen LogP contribution in [0.25, 0.3) is 10.9 Å². The highest BCUT2D eigenvalue weighted by Gasteiger charge is 2.21. The molecule has 0 amide bonds. The first kappa shape index (κ1) is 11.9. The Balaban J connectivity index is 2.17. The van der Waals surface area contributed by atoms with Gasteiger partial charge in [-0.25, -0.2) is 0 Å². The van der Waals surface area contributed by atoms with Crippen LogP contribution in [0.3, 0.4) is 0 Å². The Bertz CT molecular complexity index is 647. The van der Waals surface area contributed by atoms with Crippen molar-refractivity contribution in [2.75, 3.05) is 24.6 Å². The normalized spacial score (nSPS) is 19.4. The summed E-state index contributed by atoms with van der Waals surface area (Å²) < 4.78 is 5.57. The monoisotopic (exact) mass is 253 g/mol. The average Bonchev–Trinajstić information content (AvgIpc) is 2.46. The summed E-state index contributed by atoms with van der Waals surface area (Å²) >= 11 is 0. The Morgan fingerprint density at radius 3 is 3.05 bits per heavy atom. The lowest BCUT2D eigenvalue weighted by atomic mass is 10.1. The lowest BCUT2D eigenvalue weighted by Crippen LogP contribution is -2.41. The van der Waals surface area contributed by atoms with E-state index in [1.165, 1.54) is 0 Å². The minimum atomic E-state index is 0.187. The molecule has 3 rings (SSSR count). The van der Waals surface area contributed by atoms with Gasteiger partial charge in [0.15, 0.2) is 0 Å². The second-order valence-electron chi connectivity index (χ2n) is 4.78. The van der Waals surface area contributed by atoms with Crippen LogP contribution >= 0.6 is 0 Å². The average molecular weight is 253 g/mol. The van der Waals surface area contributed by atoms with E-state index in [2.05, 4.69) is 22.9 Å². The predicted octanol–water partition coefficient (Wildman–Crippen LogP) is 2.33. The van der Waals surface area contributed by atoms with Crippen LogP contribution < -0.4 is 4.90 Å². The zero-order valence-corrected chi connectivity index (χ0v) is 10.8. The van der Waals surface area contributed by atoms with E-state index in [-0.39, 0.29) is 6.10 Å². The van der Waals surface area contributed by atoms with Gasteiger partial charge < -0.3 is 9.64 Å². The van der Waals surface area contributed by atoms with Gasteiger partial charge in [0.25, 0.3) is 0 Å². The number of para-hydroxylation sites is 1. The highest BCUT2D eigenvalue weighted by Crippen LogP contribution is 2.30. The van der Waals surface area contributed by atoms with Gasteiger partial charge in [-0.2, -0.15) is 5.26 Å². The number of nitrogens with zero attached hydrogens (tertiary/aromatic N) is 3. The Hall–Kier alpha value is -2.12. The van der Waals surface area contributed by atoms with Gasteiger partial charge in [-0.15, -0.1) is 0 Å². The first-order chi connectivity index (χ1) is 9.29. The van der Waals surface area contributed by atoms with Crippen LogP contribution in [0.15, 0.2) is 30.5 Å². The number of hydrogen-bond acceptors (Lipinski definition) is 4. The van der Waals surface area contributed by atoms with Gasteiger partial charge in [-0.1, -0.05) is 18.2 Å². The van der Waals surface area contributed by atoms with Crippen LogP contribution in [0.5, 0.6) is 0 Å². The SMILES string of the molecule is C[C@@H]1CN(c2c(C#N)cnc3ccccc23)CCO1. The van der Waals surface area contributed by atoms with Crippen LogP contribution in [0.4, 0.5) is 5.69 Å². The maximum atomic E-state index is 9.33. The maximum Gasteiger partial charge on any atom is 0.103 e. The van der Waals surface area contributed by atoms with Crippen molar-refractivity contribution < 1.29 is 4.74 Å². The number of benzene rings is 1. The van der Waals surface area contributed by atoms with E-state index in [1.807, 2.05) is 24.3 Å². The second-order valence-corrected chi connectivity index (χ2v) is 4.78. The standard InChI is InChI=1S/C15H15N3O/c1-11-10-18(6-7-19-11)15-12(8-16)9-17-14-5-3-2-4-13(14)15/h2-5,9,11H,6-7,10H2,1H3/t11-/m1/s1. The fourth-order valence-electron chi connectivity index (χ4n) is 2.57. The molecule has 0 unspecified atom stereocenters. The number of morpholine rings is 1. The quantitative estimate of drug-likeness (QED) is 0.782. The van der Waals surface area contributed by atoms with Gasteiger partial charge in [-0.3, -0.25) is 4.98 Å². The van der Waals surface area contributed by atoms with Gasteiger partial charge in [0.05, 0.1) is 29.5 Å². The zero-order chi connectivity index (χ0) is 13.2. The summed E-state index contributed by atoms with van der Waals surface area (Å²) in [5.41, 5.74) is 2.55. The minimum Gasteiger partial charge on any atom is -0.375 e. The Labute approximate surface area is 112 Å². The van der Waals surface area contributed by atoms with Crippen molar-refractivity contribution in [3.05, 3.63) is 36.0 Å². The third-order valence-electron chi connectivity index (χ3n) is 3.42. The third kappa shape index (κ3) is 2.13. The van der Waals surface area contributed by atoms with Crippen molar-refractivity contribution in [2.45, 2.75) is 13.0 Å². The fourth-order valence-corrected chi connectivity index (χ4v) is 2.57. The molecule has 2 heterocycles. The van der Waals surface area contributed by atoms with Crippen molar-refractivity contribution in [1.82, 2.24) is 4.98 Å². The first-order valence-corrected chi connectivity index (χ1v) is 6.44. The molecule has 96 valence electrons. The summed E-state index contributed by atoms with van der Waals surface area (Å²) in [7, 11) is 0. The summed E-state index contributed by atoms with van der Waals surface area (Å²) in [5, 5.41) is 10.4. The minimum absolute atomic E-state index is 0.187. The van der Waals surface area contributed by atoms with E-state index in [0.29, 0.717) is 12.2 Å². The molecule has 4 nitrogen and oxygen atoms in total. The molecule has 1 aromatic carbocycles. The highest BCUT2D eigenvalue weighted by molar-refractivity contribution is 5.94. The van der Waals surface area contributed by atoms with Crippen LogP contribution in [0.2, 0.25) is 0 Å². The van der Waals surface area contributed by atoms with Crippen LogP contribution in [-0.4, -0.2) is 30.8 Å². The molecule has 1 atom stereocenters. The highest BCUT2D eigenvalue weighted by atomic mass is 16.5. The van der Waals surface area contributed by atoms with E-state index in [4.69, 9.17) is 4.74 Å². The topological polar surface area (TPSA) is 49.2 Å². The molecule has 0 aliphatic carbocycles. The third-order valence-corrected chi connectivity index (χ3v) is 3.42. The number of nitriles is 1. The summed E-state index contributed by atoms with van der Waals surface area (Å²) in [6.45, 7) is 4.37. The molecule has 1 saturated heterocycles. The second kappa shape index (κ2) is 4.87. The lowest BCUT2D eigenvalue weighted by Gasteiger charge is -2.34. The molecule has 4 heteroatoms. The number of aromatic nitrogens is 1. The molecule has 2 aromatic rings. The number of fused-ring (bicyclic) bond motifs is 1. The molecule has 1 aromatic heterocycles. The summed E-state index contributed by atoms with van der Waals surface area (Å²) in [6, 6.07) is 10.2. The molecule has 0 radical (unpaired) electrons. The van der Waals surface area contributed by atoms with Crippen molar-refractivity contribution >= 4 is 16.6 Å².